The number of ether oxygens (including phenoxy) is 1. The fourth-order valence-electron chi connectivity index (χ4n) is 3.05. The second kappa shape index (κ2) is 12.3. The van der Waals surface area contributed by atoms with Crippen LogP contribution in [0.5, 0.6) is 5.75 Å². The number of thioether (sulfide) groups is 1. The van der Waals surface area contributed by atoms with Gasteiger partial charge in [0.05, 0.1) is 12.9 Å². The lowest BCUT2D eigenvalue weighted by atomic mass is 10.1. The first kappa shape index (κ1) is 23.8. The number of nitrogens with zero attached hydrogens (tertiary/aromatic N) is 1. The van der Waals surface area contributed by atoms with Crippen molar-refractivity contribution in [3.63, 3.8) is 0 Å². The Hall–Kier alpha value is -2.47. The summed E-state index contributed by atoms with van der Waals surface area (Å²) in [4.78, 5) is 27.3. The van der Waals surface area contributed by atoms with Crippen LogP contribution in [0.25, 0.3) is 0 Å². The predicted molar refractivity (Wildman–Crippen MR) is 124 cm³/mol. The zero-order valence-electron chi connectivity index (χ0n) is 18.3. The molecule has 30 heavy (non-hydrogen) atoms. The quantitative estimate of drug-likeness (QED) is 0.583. The van der Waals surface area contributed by atoms with Crippen LogP contribution in [0, 0.1) is 6.92 Å². The van der Waals surface area contributed by atoms with Crippen LogP contribution in [0.1, 0.15) is 37.0 Å². The number of carbonyl (C=O) groups is 2. The summed E-state index contributed by atoms with van der Waals surface area (Å²) in [6.07, 6.45) is 0.863. The number of methoxy groups -OCH3 is 1. The molecule has 0 saturated carbocycles. The molecule has 0 aromatic heterocycles. The number of amides is 2. The molecular formula is C24H32N2O3S. The van der Waals surface area contributed by atoms with Gasteiger partial charge in [-0.25, -0.2) is 0 Å². The van der Waals surface area contributed by atoms with E-state index in [0.29, 0.717) is 18.8 Å². The number of hydrogen-bond acceptors (Lipinski definition) is 4. The summed E-state index contributed by atoms with van der Waals surface area (Å²) in [7, 11) is 1.64. The summed E-state index contributed by atoms with van der Waals surface area (Å²) in [6.45, 7) is 6.87. The normalized spacial score (nSPS) is 11.6. The highest BCUT2D eigenvalue weighted by Crippen LogP contribution is 2.18. The average molecular weight is 429 g/mol. The Morgan fingerprint density at radius 1 is 1.13 bits per heavy atom. The maximum atomic E-state index is 13.0. The molecule has 0 heterocycles. The minimum Gasteiger partial charge on any atom is -0.497 e. The predicted octanol–water partition coefficient (Wildman–Crippen LogP) is 4.18. The zero-order chi connectivity index (χ0) is 21.9. The van der Waals surface area contributed by atoms with E-state index in [9.17, 15) is 9.59 Å². The summed E-state index contributed by atoms with van der Waals surface area (Å²) in [5.41, 5.74) is 3.29. The molecule has 162 valence electrons. The van der Waals surface area contributed by atoms with Gasteiger partial charge >= 0.3 is 0 Å². The van der Waals surface area contributed by atoms with Crippen LogP contribution < -0.4 is 10.1 Å². The Morgan fingerprint density at radius 3 is 2.50 bits per heavy atom. The first-order valence-corrected chi connectivity index (χ1v) is 11.4. The largest absolute Gasteiger partial charge is 0.497 e. The smallest absolute Gasteiger partial charge is 0.242 e. The Morgan fingerprint density at radius 2 is 1.87 bits per heavy atom. The van der Waals surface area contributed by atoms with Gasteiger partial charge in [0.1, 0.15) is 11.8 Å². The van der Waals surface area contributed by atoms with Gasteiger partial charge in [-0.1, -0.05) is 48.9 Å². The second-order valence-corrected chi connectivity index (χ2v) is 8.30. The van der Waals surface area contributed by atoms with Gasteiger partial charge in [-0.15, -0.1) is 11.8 Å². The third kappa shape index (κ3) is 7.41. The molecule has 0 aliphatic heterocycles. The minimum absolute atomic E-state index is 0.0332. The first-order valence-electron chi connectivity index (χ1n) is 10.3. The van der Waals surface area contributed by atoms with E-state index >= 15 is 0 Å². The third-order valence-corrected chi connectivity index (χ3v) is 5.79. The van der Waals surface area contributed by atoms with E-state index in [-0.39, 0.29) is 11.8 Å². The molecule has 5 nitrogen and oxygen atoms in total. The van der Waals surface area contributed by atoms with Gasteiger partial charge in [-0.3, -0.25) is 9.59 Å². The molecular weight excluding hydrogens is 396 g/mol. The van der Waals surface area contributed by atoms with E-state index < -0.39 is 6.04 Å². The highest BCUT2D eigenvalue weighted by molar-refractivity contribution is 7.99. The molecule has 2 aromatic carbocycles. The van der Waals surface area contributed by atoms with Gasteiger partial charge < -0.3 is 15.0 Å². The molecule has 0 fully saturated rings. The molecule has 0 bridgehead atoms. The second-order valence-electron chi connectivity index (χ2n) is 7.32. The Kier molecular flexibility index (Phi) is 9.74. The van der Waals surface area contributed by atoms with E-state index in [0.717, 1.165) is 34.6 Å². The monoisotopic (exact) mass is 428 g/mol. The van der Waals surface area contributed by atoms with Crippen LogP contribution in [0.4, 0.5) is 0 Å². The lowest BCUT2D eigenvalue weighted by Crippen LogP contribution is -2.48. The van der Waals surface area contributed by atoms with E-state index in [1.54, 1.807) is 30.7 Å². The molecule has 0 aliphatic carbocycles. The standard InChI is InChI=1S/C24H32N2O3S/c1-5-13-25-24(28)19(3)26(15-21-8-6-7-18(2)14-21)23(27)17-30-16-20-9-11-22(29-4)12-10-20/h6-12,14,19H,5,13,15-17H2,1-4H3,(H,25,28)/t19-/m1/s1. The number of benzene rings is 2. The molecule has 1 N–H and O–H groups in total. The van der Waals surface area contributed by atoms with Gasteiger partial charge in [-0.05, 0) is 43.5 Å². The van der Waals surface area contributed by atoms with Gasteiger partial charge in [-0.2, -0.15) is 0 Å². The highest BCUT2D eigenvalue weighted by atomic mass is 32.2. The summed E-state index contributed by atoms with van der Waals surface area (Å²) in [5, 5.41) is 2.91. The van der Waals surface area contributed by atoms with Crippen LogP contribution in [0.2, 0.25) is 0 Å². The molecule has 2 aromatic rings. The molecule has 0 aliphatic rings. The summed E-state index contributed by atoms with van der Waals surface area (Å²) >= 11 is 1.55. The molecule has 2 rings (SSSR count). The van der Waals surface area contributed by atoms with Gasteiger partial charge in [0.25, 0.3) is 0 Å². The van der Waals surface area contributed by atoms with Crippen LogP contribution in [-0.2, 0) is 21.9 Å². The van der Waals surface area contributed by atoms with E-state index in [2.05, 4.69) is 11.4 Å². The van der Waals surface area contributed by atoms with Crippen molar-refractivity contribution < 1.29 is 14.3 Å². The molecule has 0 unspecified atom stereocenters. The first-order chi connectivity index (χ1) is 14.4. The molecule has 0 radical (unpaired) electrons. The van der Waals surface area contributed by atoms with Crippen LogP contribution in [-0.4, -0.2) is 42.2 Å². The van der Waals surface area contributed by atoms with E-state index in [1.165, 1.54) is 0 Å². The lowest BCUT2D eigenvalue weighted by Gasteiger charge is -2.29. The van der Waals surface area contributed by atoms with Gasteiger partial charge in [0, 0.05) is 18.8 Å². The van der Waals surface area contributed by atoms with Crippen LogP contribution in [0.15, 0.2) is 48.5 Å². The van der Waals surface area contributed by atoms with Crippen molar-refractivity contribution in [2.45, 2.75) is 45.5 Å². The van der Waals surface area contributed by atoms with Gasteiger partial charge in [0.15, 0.2) is 0 Å². The zero-order valence-corrected chi connectivity index (χ0v) is 19.1. The van der Waals surface area contributed by atoms with E-state index in [1.807, 2.05) is 56.3 Å². The topological polar surface area (TPSA) is 58.6 Å². The molecule has 0 spiro atoms. The van der Waals surface area contributed by atoms with Crippen molar-refractivity contribution in [1.82, 2.24) is 10.2 Å². The van der Waals surface area contributed by atoms with Gasteiger partial charge in [0.2, 0.25) is 11.8 Å². The van der Waals surface area contributed by atoms with Crippen molar-refractivity contribution >= 4 is 23.6 Å². The van der Waals surface area contributed by atoms with Crippen molar-refractivity contribution in [2.75, 3.05) is 19.4 Å². The van der Waals surface area contributed by atoms with Crippen LogP contribution in [0.3, 0.4) is 0 Å². The van der Waals surface area contributed by atoms with Crippen molar-refractivity contribution in [3.05, 3.63) is 65.2 Å². The number of rotatable bonds is 11. The molecule has 2 amide bonds. The molecule has 6 heteroatoms. The maximum Gasteiger partial charge on any atom is 0.242 e. The van der Waals surface area contributed by atoms with Crippen molar-refractivity contribution in [3.8, 4) is 5.75 Å². The van der Waals surface area contributed by atoms with Crippen LogP contribution >= 0.6 is 11.8 Å². The number of aryl methyl sites for hydroxylation is 1. The molecule has 1 atom stereocenters. The minimum atomic E-state index is -0.522. The summed E-state index contributed by atoms with van der Waals surface area (Å²) in [5.74, 6) is 1.72. The Bertz CT molecular complexity index is 823. The fourth-order valence-corrected chi connectivity index (χ4v) is 3.92. The highest BCUT2D eigenvalue weighted by Gasteiger charge is 2.25. The third-order valence-electron chi connectivity index (χ3n) is 4.81. The van der Waals surface area contributed by atoms with Crippen molar-refractivity contribution in [2.24, 2.45) is 0 Å². The number of nitrogens with one attached hydrogen (secondary N) is 1. The lowest BCUT2D eigenvalue weighted by molar-refractivity contribution is -0.138. The summed E-state index contributed by atoms with van der Waals surface area (Å²) < 4.78 is 5.18. The number of carbonyl (C=O) groups excluding carboxylic acids is 2. The summed E-state index contributed by atoms with van der Waals surface area (Å²) in [6, 6.07) is 15.4. The molecule has 0 saturated heterocycles. The Balaban J connectivity index is 2.03. The fraction of sp³-hybridized carbons (Fsp3) is 0.417. The maximum absolute atomic E-state index is 13.0. The number of hydrogen-bond donors (Lipinski definition) is 1. The SMILES string of the molecule is CCCNC(=O)[C@@H](C)N(Cc1cccc(C)c1)C(=O)CSCc1ccc(OC)cc1. The van der Waals surface area contributed by atoms with Crippen molar-refractivity contribution in [1.29, 1.82) is 0 Å². The van der Waals surface area contributed by atoms with E-state index in [4.69, 9.17) is 4.74 Å². The average Bonchev–Trinajstić information content (AvgIpc) is 2.75. The Labute approximate surface area is 184 Å².